The predicted molar refractivity (Wildman–Crippen MR) is 75.9 cm³/mol. The van der Waals surface area contributed by atoms with Crippen molar-refractivity contribution < 1.29 is 0 Å². The lowest BCUT2D eigenvalue weighted by atomic mass is 10.1. The van der Waals surface area contributed by atoms with Gasteiger partial charge >= 0.3 is 0 Å². The number of pyridine rings is 1. The lowest BCUT2D eigenvalue weighted by Crippen LogP contribution is -2.13. The quantitative estimate of drug-likeness (QED) is 0.768. The van der Waals surface area contributed by atoms with Crippen molar-refractivity contribution in [2.45, 2.75) is 13.1 Å². The van der Waals surface area contributed by atoms with Gasteiger partial charge in [-0.1, -0.05) is 17.7 Å². The highest BCUT2D eigenvalue weighted by molar-refractivity contribution is 6.35. The summed E-state index contributed by atoms with van der Waals surface area (Å²) in [6.07, 6.45) is 3.54. The van der Waals surface area contributed by atoms with Gasteiger partial charge in [0.1, 0.15) is 0 Å². The van der Waals surface area contributed by atoms with Gasteiger partial charge in [-0.3, -0.25) is 10.1 Å². The van der Waals surface area contributed by atoms with E-state index >= 15 is 0 Å². The molecule has 0 saturated carbocycles. The topological polar surface area (TPSA) is 53.6 Å². The van der Waals surface area contributed by atoms with E-state index < -0.39 is 0 Å². The third-order valence-corrected chi connectivity index (χ3v) is 3.32. The maximum atomic E-state index is 6.17. The zero-order valence-electron chi connectivity index (χ0n) is 10.2. The van der Waals surface area contributed by atoms with Crippen molar-refractivity contribution in [1.29, 1.82) is 0 Å². The van der Waals surface area contributed by atoms with Gasteiger partial charge in [-0.15, -0.1) is 0 Å². The maximum Gasteiger partial charge on any atom is 0.0761 e. The first-order valence-corrected chi connectivity index (χ1v) is 6.43. The van der Waals surface area contributed by atoms with Crippen molar-refractivity contribution in [3.63, 3.8) is 0 Å². The van der Waals surface area contributed by atoms with Gasteiger partial charge in [0, 0.05) is 41.6 Å². The Morgan fingerprint density at radius 2 is 2.05 bits per heavy atom. The zero-order chi connectivity index (χ0) is 13.1. The SMILES string of the molecule is Clc1ccc(CNCc2ccn[nH]2)c2ncccc12. The maximum absolute atomic E-state index is 6.17. The fourth-order valence-electron chi connectivity index (χ4n) is 2.05. The van der Waals surface area contributed by atoms with Gasteiger partial charge in [0.05, 0.1) is 5.52 Å². The number of aromatic amines is 1. The number of nitrogens with one attached hydrogen (secondary N) is 2. The highest BCUT2D eigenvalue weighted by atomic mass is 35.5. The number of halogens is 1. The number of aromatic nitrogens is 3. The van der Waals surface area contributed by atoms with E-state index in [1.54, 1.807) is 12.4 Å². The molecule has 4 nitrogen and oxygen atoms in total. The van der Waals surface area contributed by atoms with Crippen molar-refractivity contribution in [2.75, 3.05) is 0 Å². The minimum Gasteiger partial charge on any atom is -0.307 e. The molecule has 0 amide bonds. The molecule has 0 aliphatic carbocycles. The van der Waals surface area contributed by atoms with Gasteiger partial charge in [-0.05, 0) is 29.8 Å². The second-order valence-corrected chi connectivity index (χ2v) is 4.70. The summed E-state index contributed by atoms with van der Waals surface area (Å²) in [6.45, 7) is 1.49. The average Bonchev–Trinajstić information content (AvgIpc) is 2.95. The van der Waals surface area contributed by atoms with Crippen LogP contribution in [0.2, 0.25) is 5.02 Å². The van der Waals surface area contributed by atoms with E-state index in [-0.39, 0.29) is 0 Å². The molecular weight excluding hydrogens is 260 g/mol. The minimum atomic E-state index is 0.736. The Morgan fingerprint density at radius 1 is 1.11 bits per heavy atom. The molecule has 0 aliphatic heterocycles. The molecule has 0 radical (unpaired) electrons. The largest absolute Gasteiger partial charge is 0.307 e. The summed E-state index contributed by atoms with van der Waals surface area (Å²) in [6, 6.07) is 9.76. The van der Waals surface area contributed by atoms with Gasteiger partial charge in [0.25, 0.3) is 0 Å². The highest BCUT2D eigenvalue weighted by Crippen LogP contribution is 2.24. The van der Waals surface area contributed by atoms with E-state index in [0.717, 1.165) is 40.3 Å². The van der Waals surface area contributed by atoms with Crippen LogP contribution in [-0.2, 0) is 13.1 Å². The molecule has 3 rings (SSSR count). The lowest BCUT2D eigenvalue weighted by Gasteiger charge is -2.08. The molecule has 0 fully saturated rings. The first kappa shape index (κ1) is 12.1. The summed E-state index contributed by atoms with van der Waals surface area (Å²) in [5.41, 5.74) is 3.15. The summed E-state index contributed by atoms with van der Waals surface area (Å²) in [5.74, 6) is 0. The number of nitrogens with zero attached hydrogens (tertiary/aromatic N) is 2. The fourth-order valence-corrected chi connectivity index (χ4v) is 2.27. The highest BCUT2D eigenvalue weighted by Gasteiger charge is 2.05. The number of fused-ring (bicyclic) bond motifs is 1. The monoisotopic (exact) mass is 272 g/mol. The third-order valence-electron chi connectivity index (χ3n) is 2.99. The third kappa shape index (κ3) is 2.59. The molecular formula is C14H13ClN4. The Morgan fingerprint density at radius 3 is 2.89 bits per heavy atom. The average molecular weight is 273 g/mol. The molecule has 19 heavy (non-hydrogen) atoms. The molecule has 0 spiro atoms. The predicted octanol–water partition coefficient (Wildman–Crippen LogP) is 2.90. The number of rotatable bonds is 4. The normalized spacial score (nSPS) is 11.0. The zero-order valence-corrected chi connectivity index (χ0v) is 11.0. The number of hydrogen-bond donors (Lipinski definition) is 2. The van der Waals surface area contributed by atoms with Crippen LogP contribution in [-0.4, -0.2) is 15.2 Å². The lowest BCUT2D eigenvalue weighted by molar-refractivity contribution is 0.679. The van der Waals surface area contributed by atoms with E-state index in [4.69, 9.17) is 11.6 Å². The molecule has 96 valence electrons. The smallest absolute Gasteiger partial charge is 0.0761 e. The van der Waals surface area contributed by atoms with E-state index in [9.17, 15) is 0 Å². The summed E-state index contributed by atoms with van der Waals surface area (Å²) in [4.78, 5) is 4.41. The second kappa shape index (κ2) is 5.38. The Labute approximate surface area is 115 Å². The van der Waals surface area contributed by atoms with Crippen LogP contribution in [0.4, 0.5) is 0 Å². The Balaban J connectivity index is 1.79. The summed E-state index contributed by atoms with van der Waals surface area (Å²) >= 11 is 6.17. The van der Waals surface area contributed by atoms with Gasteiger partial charge in [-0.2, -0.15) is 5.10 Å². The van der Waals surface area contributed by atoms with Crippen LogP contribution in [0, 0.1) is 0 Å². The molecule has 2 aromatic heterocycles. The molecule has 0 aliphatic rings. The van der Waals surface area contributed by atoms with Crippen LogP contribution in [0.25, 0.3) is 10.9 Å². The summed E-state index contributed by atoms with van der Waals surface area (Å²) in [5, 5.41) is 11.9. The summed E-state index contributed by atoms with van der Waals surface area (Å²) < 4.78 is 0. The van der Waals surface area contributed by atoms with E-state index in [2.05, 4.69) is 20.5 Å². The molecule has 2 N–H and O–H groups in total. The first-order chi connectivity index (χ1) is 9.34. The van der Waals surface area contributed by atoms with Gasteiger partial charge < -0.3 is 5.32 Å². The van der Waals surface area contributed by atoms with E-state index in [0.29, 0.717) is 0 Å². The molecule has 2 heterocycles. The van der Waals surface area contributed by atoms with Crippen molar-refractivity contribution >= 4 is 22.5 Å². The minimum absolute atomic E-state index is 0.736. The molecule has 0 unspecified atom stereocenters. The number of hydrogen-bond acceptors (Lipinski definition) is 3. The first-order valence-electron chi connectivity index (χ1n) is 6.05. The van der Waals surface area contributed by atoms with E-state index in [1.165, 1.54) is 0 Å². The molecule has 3 aromatic rings. The van der Waals surface area contributed by atoms with Crippen LogP contribution < -0.4 is 5.32 Å². The van der Waals surface area contributed by atoms with Gasteiger partial charge in [0.15, 0.2) is 0 Å². The molecule has 1 aromatic carbocycles. The fraction of sp³-hybridized carbons (Fsp3) is 0.143. The Kier molecular flexibility index (Phi) is 3.44. The summed E-state index contributed by atoms with van der Waals surface area (Å²) in [7, 11) is 0. The van der Waals surface area contributed by atoms with Crippen LogP contribution in [0.1, 0.15) is 11.3 Å². The van der Waals surface area contributed by atoms with Crippen molar-refractivity contribution in [1.82, 2.24) is 20.5 Å². The standard InChI is InChI=1S/C14H13ClN4/c15-13-4-3-10(14-12(13)2-1-6-17-14)8-16-9-11-5-7-18-19-11/h1-7,16H,8-9H2,(H,18,19). The van der Waals surface area contributed by atoms with Gasteiger partial charge in [-0.25, -0.2) is 0 Å². The van der Waals surface area contributed by atoms with Crippen LogP contribution >= 0.6 is 11.6 Å². The van der Waals surface area contributed by atoms with Crippen molar-refractivity contribution in [3.05, 3.63) is 59.0 Å². The number of benzene rings is 1. The molecule has 5 heteroatoms. The molecule has 0 bridgehead atoms. The van der Waals surface area contributed by atoms with Crippen molar-refractivity contribution in [3.8, 4) is 0 Å². The Bertz CT molecular complexity index is 679. The van der Waals surface area contributed by atoms with Crippen LogP contribution in [0.3, 0.4) is 0 Å². The molecule has 0 atom stereocenters. The van der Waals surface area contributed by atoms with E-state index in [1.807, 2.05) is 30.3 Å². The number of H-pyrrole nitrogens is 1. The van der Waals surface area contributed by atoms with Crippen LogP contribution in [0.5, 0.6) is 0 Å². The van der Waals surface area contributed by atoms with Crippen LogP contribution in [0.15, 0.2) is 42.7 Å². The van der Waals surface area contributed by atoms with Gasteiger partial charge in [0.2, 0.25) is 0 Å². The van der Waals surface area contributed by atoms with Crippen molar-refractivity contribution in [2.24, 2.45) is 0 Å². The second-order valence-electron chi connectivity index (χ2n) is 4.29. The Hall–Kier alpha value is -1.91. The molecule has 0 saturated heterocycles.